The Hall–Kier alpha value is -1.95. The smallest absolute Gasteiger partial charge is 0.229 e. The average Bonchev–Trinajstić information content (AvgIpc) is 2.45. The van der Waals surface area contributed by atoms with E-state index >= 15 is 0 Å². The topological polar surface area (TPSA) is 62.7 Å². The van der Waals surface area contributed by atoms with Gasteiger partial charge in [0.25, 0.3) is 0 Å². The highest BCUT2D eigenvalue weighted by molar-refractivity contribution is 6.28. The summed E-state index contributed by atoms with van der Waals surface area (Å²) in [5.74, 6) is 0.437. The number of nitrogens with one attached hydrogen (secondary N) is 2. The van der Waals surface area contributed by atoms with E-state index < -0.39 is 0 Å². The summed E-state index contributed by atoms with van der Waals surface area (Å²) in [5, 5.41) is 6.16. The standard InChI is InChI=1S/C14H17ClFN5/c1-3-8-17-13-19-12(15)20-14(21-13)18-9(2)10-6-4-5-7-11(10)16/h4-7,9H,3,8H2,1-2H3,(H2,17,18,19,20,21). The Morgan fingerprint density at radius 2 is 1.90 bits per heavy atom. The minimum atomic E-state index is -0.288. The average molecular weight is 310 g/mol. The van der Waals surface area contributed by atoms with Crippen LogP contribution < -0.4 is 10.6 Å². The van der Waals surface area contributed by atoms with E-state index in [0.717, 1.165) is 13.0 Å². The van der Waals surface area contributed by atoms with Gasteiger partial charge in [0, 0.05) is 12.1 Å². The lowest BCUT2D eigenvalue weighted by Crippen LogP contribution is -2.13. The zero-order chi connectivity index (χ0) is 15.2. The number of anilines is 2. The lowest BCUT2D eigenvalue weighted by atomic mass is 10.1. The Bertz CT molecular complexity index is 608. The molecule has 7 heteroatoms. The predicted molar refractivity (Wildman–Crippen MR) is 82.1 cm³/mol. The van der Waals surface area contributed by atoms with Crippen LogP contribution in [-0.2, 0) is 0 Å². The summed E-state index contributed by atoms with van der Waals surface area (Å²) in [6, 6.07) is 6.28. The van der Waals surface area contributed by atoms with E-state index in [-0.39, 0.29) is 17.1 Å². The molecule has 0 saturated heterocycles. The highest BCUT2D eigenvalue weighted by Gasteiger charge is 2.12. The van der Waals surface area contributed by atoms with Crippen molar-refractivity contribution in [3.8, 4) is 0 Å². The minimum Gasteiger partial charge on any atom is -0.354 e. The fourth-order valence-corrected chi connectivity index (χ4v) is 1.99. The zero-order valence-corrected chi connectivity index (χ0v) is 12.7. The van der Waals surface area contributed by atoms with Gasteiger partial charge in [-0.2, -0.15) is 15.0 Å². The van der Waals surface area contributed by atoms with Crippen LogP contribution in [0.15, 0.2) is 24.3 Å². The van der Waals surface area contributed by atoms with E-state index in [9.17, 15) is 4.39 Å². The largest absolute Gasteiger partial charge is 0.354 e. The van der Waals surface area contributed by atoms with Crippen molar-refractivity contribution in [3.63, 3.8) is 0 Å². The Labute approximate surface area is 128 Å². The molecule has 2 N–H and O–H groups in total. The van der Waals surface area contributed by atoms with Gasteiger partial charge in [-0.1, -0.05) is 25.1 Å². The summed E-state index contributed by atoms with van der Waals surface area (Å²) >= 11 is 5.87. The summed E-state index contributed by atoms with van der Waals surface area (Å²) in [5.41, 5.74) is 0.539. The maximum absolute atomic E-state index is 13.7. The third-order valence-electron chi connectivity index (χ3n) is 2.86. The molecule has 2 aromatic rings. The molecule has 1 unspecified atom stereocenters. The van der Waals surface area contributed by atoms with Gasteiger partial charge in [-0.15, -0.1) is 0 Å². The molecule has 0 saturated carbocycles. The Morgan fingerprint density at radius 3 is 2.62 bits per heavy atom. The molecule has 2 rings (SSSR count). The van der Waals surface area contributed by atoms with E-state index in [2.05, 4.69) is 25.6 Å². The highest BCUT2D eigenvalue weighted by atomic mass is 35.5. The minimum absolute atomic E-state index is 0.0897. The number of aromatic nitrogens is 3. The van der Waals surface area contributed by atoms with Crippen molar-refractivity contribution in [2.45, 2.75) is 26.3 Å². The van der Waals surface area contributed by atoms with Gasteiger partial charge in [0.2, 0.25) is 17.2 Å². The van der Waals surface area contributed by atoms with E-state index in [1.54, 1.807) is 18.2 Å². The van der Waals surface area contributed by atoms with Crippen molar-refractivity contribution < 1.29 is 4.39 Å². The molecule has 0 aliphatic carbocycles. The molecule has 1 heterocycles. The first-order valence-electron chi connectivity index (χ1n) is 6.76. The molecule has 0 aliphatic rings. The SMILES string of the molecule is CCCNc1nc(Cl)nc(NC(C)c2ccccc2F)n1. The summed E-state index contributed by atoms with van der Waals surface area (Å²) in [6.45, 7) is 4.60. The number of benzene rings is 1. The van der Waals surface area contributed by atoms with Crippen molar-refractivity contribution in [3.05, 3.63) is 40.9 Å². The third-order valence-corrected chi connectivity index (χ3v) is 3.03. The van der Waals surface area contributed by atoms with Crippen LogP contribution >= 0.6 is 11.6 Å². The van der Waals surface area contributed by atoms with Crippen LogP contribution in [0.5, 0.6) is 0 Å². The molecular formula is C14H17ClFN5. The second-order valence-corrected chi connectivity index (χ2v) is 4.90. The molecule has 0 spiro atoms. The zero-order valence-electron chi connectivity index (χ0n) is 11.9. The number of halogens is 2. The number of hydrogen-bond donors (Lipinski definition) is 2. The first-order valence-corrected chi connectivity index (χ1v) is 7.14. The van der Waals surface area contributed by atoms with Gasteiger partial charge in [0.1, 0.15) is 5.82 Å². The fourth-order valence-electron chi connectivity index (χ4n) is 1.83. The molecule has 21 heavy (non-hydrogen) atoms. The Morgan fingerprint density at radius 1 is 1.19 bits per heavy atom. The van der Waals surface area contributed by atoms with Gasteiger partial charge in [-0.3, -0.25) is 0 Å². The molecule has 1 atom stereocenters. The Kier molecular flexibility index (Phi) is 5.27. The van der Waals surface area contributed by atoms with Gasteiger partial charge in [-0.25, -0.2) is 4.39 Å². The summed E-state index contributed by atoms with van der Waals surface area (Å²) in [7, 11) is 0. The third kappa shape index (κ3) is 4.26. The van der Waals surface area contributed by atoms with Crippen LogP contribution in [0.3, 0.4) is 0 Å². The van der Waals surface area contributed by atoms with Crippen molar-refractivity contribution in [2.24, 2.45) is 0 Å². The molecule has 0 amide bonds. The number of rotatable bonds is 6. The highest BCUT2D eigenvalue weighted by Crippen LogP contribution is 2.20. The number of nitrogens with zero attached hydrogens (tertiary/aromatic N) is 3. The summed E-state index contributed by atoms with van der Waals surface area (Å²) < 4.78 is 13.7. The van der Waals surface area contributed by atoms with Crippen molar-refractivity contribution in [2.75, 3.05) is 17.2 Å². The van der Waals surface area contributed by atoms with Gasteiger partial charge in [-0.05, 0) is 31.0 Å². The molecule has 5 nitrogen and oxygen atoms in total. The Balaban J connectivity index is 2.15. The van der Waals surface area contributed by atoms with E-state index in [1.807, 2.05) is 13.8 Å². The van der Waals surface area contributed by atoms with Crippen LogP contribution in [0.25, 0.3) is 0 Å². The molecule has 0 bridgehead atoms. The molecule has 1 aromatic carbocycles. The second kappa shape index (κ2) is 7.17. The molecular weight excluding hydrogens is 293 g/mol. The van der Waals surface area contributed by atoms with Crippen LogP contribution in [0.4, 0.5) is 16.3 Å². The van der Waals surface area contributed by atoms with Crippen molar-refractivity contribution >= 4 is 23.5 Å². The normalized spacial score (nSPS) is 12.0. The van der Waals surface area contributed by atoms with Crippen LogP contribution in [0, 0.1) is 5.82 Å². The fraction of sp³-hybridized carbons (Fsp3) is 0.357. The second-order valence-electron chi connectivity index (χ2n) is 4.57. The molecule has 0 fully saturated rings. The molecule has 0 radical (unpaired) electrons. The van der Waals surface area contributed by atoms with Crippen LogP contribution in [0.1, 0.15) is 31.9 Å². The summed E-state index contributed by atoms with van der Waals surface area (Å²) in [4.78, 5) is 12.2. The quantitative estimate of drug-likeness (QED) is 0.852. The van der Waals surface area contributed by atoms with E-state index in [1.165, 1.54) is 6.07 Å². The molecule has 112 valence electrons. The van der Waals surface area contributed by atoms with Crippen molar-refractivity contribution in [1.29, 1.82) is 0 Å². The first kappa shape index (κ1) is 15.4. The number of hydrogen-bond acceptors (Lipinski definition) is 5. The van der Waals surface area contributed by atoms with Crippen molar-refractivity contribution in [1.82, 2.24) is 15.0 Å². The summed E-state index contributed by atoms with van der Waals surface area (Å²) in [6.07, 6.45) is 0.942. The van der Waals surface area contributed by atoms with Gasteiger partial charge >= 0.3 is 0 Å². The van der Waals surface area contributed by atoms with Crippen LogP contribution in [0.2, 0.25) is 5.28 Å². The van der Waals surface area contributed by atoms with E-state index in [4.69, 9.17) is 11.6 Å². The monoisotopic (exact) mass is 309 g/mol. The van der Waals surface area contributed by atoms with Gasteiger partial charge in [0.05, 0.1) is 6.04 Å². The van der Waals surface area contributed by atoms with Gasteiger partial charge in [0.15, 0.2) is 0 Å². The maximum Gasteiger partial charge on any atom is 0.229 e. The lowest BCUT2D eigenvalue weighted by molar-refractivity contribution is 0.599. The van der Waals surface area contributed by atoms with Gasteiger partial charge < -0.3 is 10.6 Å². The van der Waals surface area contributed by atoms with E-state index in [0.29, 0.717) is 17.5 Å². The first-order chi connectivity index (χ1) is 10.1. The molecule has 1 aromatic heterocycles. The maximum atomic E-state index is 13.7. The van der Waals surface area contributed by atoms with Crippen LogP contribution in [-0.4, -0.2) is 21.5 Å². The lowest BCUT2D eigenvalue weighted by Gasteiger charge is -2.15. The predicted octanol–water partition coefficient (Wildman–Crippen LogP) is 3.66. The molecule has 0 aliphatic heterocycles.